The number of nitrogens with one attached hydrogen (secondary N) is 1. The zero-order valence-corrected chi connectivity index (χ0v) is 10.4. The summed E-state index contributed by atoms with van der Waals surface area (Å²) in [7, 11) is 3.62. The number of nitriles is 1. The predicted molar refractivity (Wildman–Crippen MR) is 68.6 cm³/mol. The molecule has 0 unspecified atom stereocenters. The fourth-order valence-corrected chi connectivity index (χ4v) is 1.56. The summed E-state index contributed by atoms with van der Waals surface area (Å²) in [6, 6.07) is 2.07. The first-order chi connectivity index (χ1) is 9.17. The first-order valence-corrected chi connectivity index (χ1v) is 5.34. The molecule has 8 heteroatoms. The summed E-state index contributed by atoms with van der Waals surface area (Å²) >= 11 is 0. The van der Waals surface area contributed by atoms with E-state index in [0.29, 0.717) is 29.1 Å². The molecule has 96 valence electrons. The molecule has 0 fully saturated rings. The lowest BCUT2D eigenvalue weighted by molar-refractivity contribution is -0.105. The van der Waals surface area contributed by atoms with Crippen molar-refractivity contribution in [3.05, 3.63) is 18.9 Å². The molecule has 0 radical (unpaired) electrons. The van der Waals surface area contributed by atoms with E-state index < -0.39 is 0 Å². The number of aromatic nitrogens is 4. The highest BCUT2D eigenvalue weighted by Crippen LogP contribution is 2.19. The maximum Gasteiger partial charge on any atom is 0.212 e. The Balaban J connectivity index is 2.61. The first-order valence-electron chi connectivity index (χ1n) is 5.34. The van der Waals surface area contributed by atoms with Gasteiger partial charge in [0.15, 0.2) is 17.0 Å². The Morgan fingerprint density at radius 3 is 2.89 bits per heavy atom. The predicted octanol–water partition coefficient (Wildman–Crippen LogP) is 0.278. The quantitative estimate of drug-likeness (QED) is 0.623. The molecule has 0 saturated heterocycles. The standard InChI is InChI=1S/C11H11N7O/c1-17(2)4-8(3-12)18-6-15-9-10(16-7-19)13-5-14-11(9)18/h4-7H,1-2H3,(H,13,14,16,19)/b8-4+. The third kappa shape index (κ3) is 2.35. The van der Waals surface area contributed by atoms with E-state index in [1.54, 1.807) is 11.1 Å². The number of anilines is 1. The smallest absolute Gasteiger partial charge is 0.212 e. The molecule has 0 aliphatic rings. The van der Waals surface area contributed by atoms with Crippen LogP contribution < -0.4 is 5.32 Å². The molecule has 2 aromatic heterocycles. The van der Waals surface area contributed by atoms with Gasteiger partial charge in [-0.2, -0.15) is 5.26 Å². The second-order valence-electron chi connectivity index (χ2n) is 3.86. The fraction of sp³-hybridized carbons (Fsp3) is 0.182. The molecule has 0 spiro atoms. The Morgan fingerprint density at radius 1 is 1.47 bits per heavy atom. The van der Waals surface area contributed by atoms with Crippen LogP contribution in [0.15, 0.2) is 18.9 Å². The zero-order valence-electron chi connectivity index (χ0n) is 10.4. The Hall–Kier alpha value is -2.95. The van der Waals surface area contributed by atoms with E-state index >= 15 is 0 Å². The molecule has 2 aromatic rings. The van der Waals surface area contributed by atoms with Crippen LogP contribution >= 0.6 is 0 Å². The van der Waals surface area contributed by atoms with Crippen molar-refractivity contribution in [2.24, 2.45) is 0 Å². The Morgan fingerprint density at radius 2 is 2.26 bits per heavy atom. The minimum atomic E-state index is 0.306. The number of fused-ring (bicyclic) bond motifs is 1. The molecule has 1 amide bonds. The minimum absolute atomic E-state index is 0.306. The summed E-state index contributed by atoms with van der Waals surface area (Å²) in [5.74, 6) is 0.306. The van der Waals surface area contributed by atoms with Gasteiger partial charge >= 0.3 is 0 Å². The highest BCUT2D eigenvalue weighted by atomic mass is 16.1. The zero-order chi connectivity index (χ0) is 13.8. The largest absolute Gasteiger partial charge is 0.381 e. The van der Waals surface area contributed by atoms with Crippen molar-refractivity contribution in [1.82, 2.24) is 24.4 Å². The molecule has 0 bridgehead atoms. The molecular formula is C11H11N7O. The SMILES string of the molecule is CN(C)/C=C(\C#N)n1cnc2c(NC=O)ncnc21. The van der Waals surface area contributed by atoms with E-state index in [4.69, 9.17) is 0 Å². The van der Waals surface area contributed by atoms with Crippen molar-refractivity contribution in [1.29, 1.82) is 5.26 Å². The second-order valence-corrected chi connectivity index (χ2v) is 3.86. The van der Waals surface area contributed by atoms with Gasteiger partial charge in [-0.15, -0.1) is 0 Å². The van der Waals surface area contributed by atoms with Gasteiger partial charge in [-0.25, -0.2) is 15.0 Å². The summed E-state index contributed by atoms with van der Waals surface area (Å²) in [5, 5.41) is 11.6. The highest BCUT2D eigenvalue weighted by Gasteiger charge is 2.12. The molecule has 0 aromatic carbocycles. The maximum absolute atomic E-state index is 10.5. The normalized spacial score (nSPS) is 11.1. The van der Waals surface area contributed by atoms with Crippen LogP contribution in [-0.2, 0) is 4.79 Å². The fourth-order valence-electron chi connectivity index (χ4n) is 1.56. The molecule has 0 aliphatic heterocycles. The van der Waals surface area contributed by atoms with E-state index in [1.165, 1.54) is 17.2 Å². The lowest BCUT2D eigenvalue weighted by Gasteiger charge is -2.07. The highest BCUT2D eigenvalue weighted by molar-refractivity contribution is 5.90. The molecule has 1 N–H and O–H groups in total. The van der Waals surface area contributed by atoms with E-state index in [9.17, 15) is 10.1 Å². The van der Waals surface area contributed by atoms with Crippen molar-refractivity contribution in [2.75, 3.05) is 19.4 Å². The van der Waals surface area contributed by atoms with E-state index in [0.717, 1.165) is 0 Å². The average Bonchev–Trinajstić information content (AvgIpc) is 2.81. The van der Waals surface area contributed by atoms with Gasteiger partial charge in [0.05, 0.1) is 0 Å². The van der Waals surface area contributed by atoms with E-state index in [-0.39, 0.29) is 0 Å². The number of imidazole rings is 1. The van der Waals surface area contributed by atoms with Crippen LogP contribution in [0.4, 0.5) is 5.82 Å². The van der Waals surface area contributed by atoms with Crippen LogP contribution in [0, 0.1) is 11.3 Å². The Kier molecular flexibility index (Phi) is 3.38. The number of hydrogen-bond donors (Lipinski definition) is 1. The maximum atomic E-state index is 10.5. The first kappa shape index (κ1) is 12.5. The number of carbonyl (C=O) groups is 1. The molecule has 2 rings (SSSR count). The molecule has 8 nitrogen and oxygen atoms in total. The van der Waals surface area contributed by atoms with Crippen molar-refractivity contribution < 1.29 is 4.79 Å². The number of hydrogen-bond acceptors (Lipinski definition) is 6. The summed E-state index contributed by atoms with van der Waals surface area (Å²) in [5.41, 5.74) is 1.24. The summed E-state index contributed by atoms with van der Waals surface area (Å²) in [6.45, 7) is 0. The molecule has 19 heavy (non-hydrogen) atoms. The monoisotopic (exact) mass is 257 g/mol. The number of allylic oxidation sites excluding steroid dienone is 1. The molecule has 2 heterocycles. The van der Waals surface area contributed by atoms with E-state index in [2.05, 4.69) is 26.3 Å². The van der Waals surface area contributed by atoms with Crippen LogP contribution in [0.25, 0.3) is 16.9 Å². The van der Waals surface area contributed by atoms with Gasteiger partial charge < -0.3 is 10.2 Å². The van der Waals surface area contributed by atoms with Gasteiger partial charge in [-0.05, 0) is 0 Å². The van der Waals surface area contributed by atoms with Gasteiger partial charge in [0, 0.05) is 20.3 Å². The van der Waals surface area contributed by atoms with Crippen LogP contribution in [0.3, 0.4) is 0 Å². The van der Waals surface area contributed by atoms with E-state index in [1.807, 2.05) is 14.1 Å². The topological polar surface area (TPSA) is 99.7 Å². The summed E-state index contributed by atoms with van der Waals surface area (Å²) in [6.07, 6.45) is 4.93. The molecule has 0 atom stereocenters. The van der Waals surface area contributed by atoms with Crippen LogP contribution in [-0.4, -0.2) is 44.9 Å². The van der Waals surface area contributed by atoms with Gasteiger partial charge in [0.2, 0.25) is 6.41 Å². The molecular weight excluding hydrogens is 246 g/mol. The second kappa shape index (κ2) is 5.14. The van der Waals surface area contributed by atoms with Gasteiger partial charge in [0.1, 0.15) is 24.4 Å². The number of rotatable bonds is 4. The molecule has 0 saturated carbocycles. The van der Waals surface area contributed by atoms with Gasteiger partial charge in [0.25, 0.3) is 0 Å². The number of nitrogens with zero attached hydrogens (tertiary/aromatic N) is 6. The van der Waals surface area contributed by atoms with Crippen molar-refractivity contribution in [3.63, 3.8) is 0 Å². The lowest BCUT2D eigenvalue weighted by atomic mass is 10.4. The van der Waals surface area contributed by atoms with Gasteiger partial charge in [-0.1, -0.05) is 0 Å². The van der Waals surface area contributed by atoms with Crippen LogP contribution in [0.2, 0.25) is 0 Å². The molecule has 0 aliphatic carbocycles. The number of carbonyl (C=O) groups excluding carboxylic acids is 1. The van der Waals surface area contributed by atoms with Crippen molar-refractivity contribution in [3.8, 4) is 6.07 Å². The minimum Gasteiger partial charge on any atom is -0.381 e. The summed E-state index contributed by atoms with van der Waals surface area (Å²) in [4.78, 5) is 24.3. The van der Waals surface area contributed by atoms with Crippen LogP contribution in [0.5, 0.6) is 0 Å². The number of amides is 1. The lowest BCUT2D eigenvalue weighted by Crippen LogP contribution is -2.06. The van der Waals surface area contributed by atoms with Crippen molar-refractivity contribution in [2.45, 2.75) is 0 Å². The van der Waals surface area contributed by atoms with Crippen molar-refractivity contribution >= 4 is 29.1 Å². The summed E-state index contributed by atoms with van der Waals surface area (Å²) < 4.78 is 1.53. The Labute approximate surface area is 109 Å². The van der Waals surface area contributed by atoms with Gasteiger partial charge in [-0.3, -0.25) is 9.36 Å². The average molecular weight is 257 g/mol. The van der Waals surface area contributed by atoms with Crippen LogP contribution in [0.1, 0.15) is 0 Å². The third-order valence-electron chi connectivity index (χ3n) is 2.28. The third-order valence-corrected chi connectivity index (χ3v) is 2.28. The Bertz CT molecular complexity index is 680.